The summed E-state index contributed by atoms with van der Waals surface area (Å²) in [6.07, 6.45) is 2.00. The summed E-state index contributed by atoms with van der Waals surface area (Å²) in [5.74, 6) is 0.133. The van der Waals surface area contributed by atoms with Gasteiger partial charge in [0.2, 0.25) is 5.91 Å². The van der Waals surface area contributed by atoms with E-state index in [9.17, 15) is 4.79 Å². The molecule has 1 aliphatic carbocycles. The zero-order valence-corrected chi connectivity index (χ0v) is 10.5. The average Bonchev–Trinajstić information content (AvgIpc) is 2.91. The molecule has 0 saturated heterocycles. The zero-order chi connectivity index (χ0) is 11.1. The van der Waals surface area contributed by atoms with Crippen molar-refractivity contribution >= 4 is 27.5 Å². The Balaban J connectivity index is 2.16. The van der Waals surface area contributed by atoms with Crippen LogP contribution in [0, 0.1) is 12.3 Å². The maximum Gasteiger partial charge on any atom is 0.230 e. The molecule has 2 nitrogen and oxygen atoms in total. The van der Waals surface area contributed by atoms with Crippen LogP contribution in [0.4, 0.5) is 5.69 Å². The molecule has 0 spiro atoms. The smallest absolute Gasteiger partial charge is 0.230 e. The molecule has 1 amide bonds. The maximum absolute atomic E-state index is 11.8. The molecule has 0 atom stereocenters. The molecule has 1 N–H and O–H groups in total. The zero-order valence-electron chi connectivity index (χ0n) is 8.93. The van der Waals surface area contributed by atoms with E-state index in [4.69, 9.17) is 0 Å². The van der Waals surface area contributed by atoms with Gasteiger partial charge in [-0.05, 0) is 53.4 Å². The van der Waals surface area contributed by atoms with Crippen LogP contribution in [0.5, 0.6) is 0 Å². The van der Waals surface area contributed by atoms with Crippen molar-refractivity contribution in [3.8, 4) is 0 Å². The fourth-order valence-corrected chi connectivity index (χ4v) is 1.77. The van der Waals surface area contributed by atoms with Gasteiger partial charge in [0.1, 0.15) is 0 Å². The van der Waals surface area contributed by atoms with Gasteiger partial charge in [-0.3, -0.25) is 4.79 Å². The lowest BCUT2D eigenvalue weighted by molar-refractivity contribution is -0.120. The summed E-state index contributed by atoms with van der Waals surface area (Å²) in [5.41, 5.74) is 1.89. The normalized spacial score (nSPS) is 17.3. The monoisotopic (exact) mass is 267 g/mol. The number of hydrogen-bond donors (Lipinski definition) is 1. The summed E-state index contributed by atoms with van der Waals surface area (Å²) in [4.78, 5) is 11.8. The van der Waals surface area contributed by atoms with Crippen molar-refractivity contribution in [3.05, 3.63) is 28.2 Å². The lowest BCUT2D eigenvalue weighted by Crippen LogP contribution is -2.21. The molecule has 80 valence electrons. The molecule has 0 aromatic heterocycles. The lowest BCUT2D eigenvalue weighted by Gasteiger charge is -2.11. The molecule has 0 heterocycles. The Kier molecular flexibility index (Phi) is 2.59. The second-order valence-electron chi connectivity index (χ2n) is 4.50. The number of benzene rings is 1. The maximum atomic E-state index is 11.8. The van der Waals surface area contributed by atoms with E-state index < -0.39 is 0 Å². The third kappa shape index (κ3) is 2.23. The van der Waals surface area contributed by atoms with Crippen molar-refractivity contribution in [2.24, 2.45) is 5.41 Å². The predicted octanol–water partition coefficient (Wildman–Crippen LogP) is 3.50. The quantitative estimate of drug-likeness (QED) is 0.873. The topological polar surface area (TPSA) is 29.1 Å². The predicted molar refractivity (Wildman–Crippen MR) is 64.8 cm³/mol. The van der Waals surface area contributed by atoms with Crippen LogP contribution >= 0.6 is 15.9 Å². The van der Waals surface area contributed by atoms with Crippen LogP contribution < -0.4 is 5.32 Å². The van der Waals surface area contributed by atoms with E-state index in [1.54, 1.807) is 0 Å². The van der Waals surface area contributed by atoms with E-state index in [0.29, 0.717) is 0 Å². The molecule has 0 bridgehead atoms. The number of halogens is 1. The fraction of sp³-hybridized carbons (Fsp3) is 0.417. The van der Waals surface area contributed by atoms with Gasteiger partial charge in [0, 0.05) is 9.89 Å². The first-order valence-corrected chi connectivity index (χ1v) is 5.88. The van der Waals surface area contributed by atoms with Gasteiger partial charge in [-0.1, -0.05) is 13.0 Å². The third-order valence-electron chi connectivity index (χ3n) is 2.92. The molecule has 0 aliphatic heterocycles. The Bertz CT molecular complexity index is 410. The van der Waals surface area contributed by atoms with Crippen LogP contribution in [0.25, 0.3) is 0 Å². The second-order valence-corrected chi connectivity index (χ2v) is 5.35. The van der Waals surface area contributed by atoms with Crippen molar-refractivity contribution in [2.45, 2.75) is 26.7 Å². The summed E-state index contributed by atoms with van der Waals surface area (Å²) < 4.78 is 0.936. The molecular weight excluding hydrogens is 254 g/mol. The highest BCUT2D eigenvalue weighted by Gasteiger charge is 2.44. The van der Waals surface area contributed by atoms with Gasteiger partial charge in [0.25, 0.3) is 0 Å². The highest BCUT2D eigenvalue weighted by Crippen LogP contribution is 2.46. The third-order valence-corrected chi connectivity index (χ3v) is 3.61. The van der Waals surface area contributed by atoms with E-state index in [0.717, 1.165) is 28.6 Å². The minimum Gasteiger partial charge on any atom is -0.325 e. The molecule has 3 heteroatoms. The standard InChI is InChI=1S/C12H14BrNO/c1-8-3-4-9(13)10(7-8)14-11(15)12(2)5-6-12/h3-4,7H,5-6H2,1-2H3,(H,14,15). The van der Waals surface area contributed by atoms with E-state index in [1.165, 1.54) is 0 Å². The lowest BCUT2D eigenvalue weighted by atomic mass is 10.1. The Hall–Kier alpha value is -0.830. The number of amides is 1. The van der Waals surface area contributed by atoms with Crippen LogP contribution in [-0.4, -0.2) is 5.91 Å². The first kappa shape index (κ1) is 10.7. The van der Waals surface area contributed by atoms with Crippen LogP contribution in [-0.2, 0) is 4.79 Å². The molecule has 0 radical (unpaired) electrons. The Morgan fingerprint density at radius 2 is 2.13 bits per heavy atom. The molecule has 15 heavy (non-hydrogen) atoms. The van der Waals surface area contributed by atoms with Crippen LogP contribution in [0.3, 0.4) is 0 Å². The number of carbonyl (C=O) groups excluding carboxylic acids is 1. The minimum atomic E-state index is -0.122. The first-order valence-electron chi connectivity index (χ1n) is 5.09. The molecule has 1 fully saturated rings. The second kappa shape index (κ2) is 3.63. The molecule has 1 aromatic carbocycles. The van der Waals surface area contributed by atoms with Crippen molar-refractivity contribution in [1.82, 2.24) is 0 Å². The van der Waals surface area contributed by atoms with Gasteiger partial charge in [-0.2, -0.15) is 0 Å². The molecule has 1 saturated carbocycles. The number of aryl methyl sites for hydroxylation is 1. The molecule has 2 rings (SSSR count). The summed E-state index contributed by atoms with van der Waals surface area (Å²) >= 11 is 3.43. The SMILES string of the molecule is Cc1ccc(Br)c(NC(=O)C2(C)CC2)c1. The molecule has 1 aromatic rings. The Labute approximate surface area is 98.2 Å². The van der Waals surface area contributed by atoms with Crippen molar-refractivity contribution in [1.29, 1.82) is 0 Å². The van der Waals surface area contributed by atoms with Gasteiger partial charge in [0.15, 0.2) is 0 Å². The summed E-state index contributed by atoms with van der Waals surface area (Å²) in [5, 5.41) is 2.97. The highest BCUT2D eigenvalue weighted by molar-refractivity contribution is 9.10. The van der Waals surface area contributed by atoms with Gasteiger partial charge in [-0.15, -0.1) is 0 Å². The van der Waals surface area contributed by atoms with E-state index in [1.807, 2.05) is 32.0 Å². The van der Waals surface area contributed by atoms with Crippen LogP contribution in [0.15, 0.2) is 22.7 Å². The molecule has 0 unspecified atom stereocenters. The van der Waals surface area contributed by atoms with E-state index >= 15 is 0 Å². The van der Waals surface area contributed by atoms with E-state index in [-0.39, 0.29) is 11.3 Å². The number of carbonyl (C=O) groups is 1. The van der Waals surface area contributed by atoms with Crippen molar-refractivity contribution < 1.29 is 4.79 Å². The summed E-state index contributed by atoms with van der Waals surface area (Å²) in [6, 6.07) is 5.95. The highest BCUT2D eigenvalue weighted by atomic mass is 79.9. The average molecular weight is 268 g/mol. The Morgan fingerprint density at radius 3 is 2.73 bits per heavy atom. The number of rotatable bonds is 2. The summed E-state index contributed by atoms with van der Waals surface area (Å²) in [7, 11) is 0. The van der Waals surface area contributed by atoms with Crippen LogP contribution in [0.1, 0.15) is 25.3 Å². The van der Waals surface area contributed by atoms with Crippen molar-refractivity contribution in [3.63, 3.8) is 0 Å². The largest absolute Gasteiger partial charge is 0.325 e. The van der Waals surface area contributed by atoms with Gasteiger partial charge in [-0.25, -0.2) is 0 Å². The Morgan fingerprint density at radius 1 is 1.47 bits per heavy atom. The first-order chi connectivity index (χ1) is 7.01. The van der Waals surface area contributed by atoms with Gasteiger partial charge < -0.3 is 5.32 Å². The summed E-state index contributed by atoms with van der Waals surface area (Å²) in [6.45, 7) is 4.02. The fourth-order valence-electron chi connectivity index (χ4n) is 1.42. The minimum absolute atomic E-state index is 0.122. The number of hydrogen-bond acceptors (Lipinski definition) is 1. The van der Waals surface area contributed by atoms with Crippen molar-refractivity contribution in [2.75, 3.05) is 5.32 Å². The number of nitrogens with one attached hydrogen (secondary N) is 1. The van der Waals surface area contributed by atoms with Crippen LogP contribution in [0.2, 0.25) is 0 Å². The van der Waals surface area contributed by atoms with Gasteiger partial charge >= 0.3 is 0 Å². The van der Waals surface area contributed by atoms with E-state index in [2.05, 4.69) is 21.2 Å². The number of anilines is 1. The molecular formula is C12H14BrNO. The van der Waals surface area contributed by atoms with Gasteiger partial charge in [0.05, 0.1) is 5.69 Å². The molecule has 1 aliphatic rings.